The minimum atomic E-state index is 0.582. The van der Waals surface area contributed by atoms with Crippen molar-refractivity contribution in [2.75, 3.05) is 0 Å². The fourth-order valence-corrected chi connectivity index (χ4v) is 2.26. The summed E-state index contributed by atoms with van der Waals surface area (Å²) in [5, 5.41) is 0. The number of hydrogen-bond donors (Lipinski definition) is 0. The van der Waals surface area contributed by atoms with Crippen molar-refractivity contribution in [2.24, 2.45) is 0 Å². The molecule has 2 heteroatoms. The molecule has 0 nitrogen and oxygen atoms in total. The average molecular weight is 291 g/mol. The van der Waals surface area contributed by atoms with Gasteiger partial charge in [0.05, 0.1) is 0 Å². The molecule has 0 spiro atoms. The monoisotopic (exact) mass is 289 g/mol. The highest BCUT2D eigenvalue weighted by Crippen LogP contribution is 2.25. The largest absolute Gasteiger partial charge is 0.0648 e. The number of benzene rings is 1. The van der Waals surface area contributed by atoms with Crippen molar-refractivity contribution < 1.29 is 0 Å². The fraction of sp³-hybridized carbons (Fsp3) is 0.400. The molecule has 0 saturated heterocycles. The predicted octanol–water partition coefficient (Wildman–Crippen LogP) is 4.53. The molecular weight excluding hydrogens is 280 g/mol. The number of rotatable bonds is 2. The molecule has 0 fully saturated rings. The molecule has 0 saturated carbocycles. The van der Waals surface area contributed by atoms with Gasteiger partial charge in [-0.2, -0.15) is 0 Å². The molecule has 1 aromatic rings. The molecule has 0 aliphatic heterocycles. The van der Waals surface area contributed by atoms with Crippen LogP contribution in [0.2, 0.25) is 0 Å². The van der Waals surface area contributed by atoms with Crippen LogP contribution in [0.25, 0.3) is 0 Å². The van der Waals surface area contributed by atoms with Gasteiger partial charge in [0, 0.05) is 15.0 Å². The minimum absolute atomic E-state index is 0.582. The summed E-state index contributed by atoms with van der Waals surface area (Å²) in [5.41, 5.74) is 1.26. The SMILES string of the molecule is CCC(C)c1[c]c(Br)cc(Br)c1. The van der Waals surface area contributed by atoms with Crippen LogP contribution in [0, 0.1) is 6.07 Å². The van der Waals surface area contributed by atoms with Crippen LogP contribution < -0.4 is 0 Å². The second kappa shape index (κ2) is 4.43. The Balaban J connectivity index is 3.00. The van der Waals surface area contributed by atoms with Crippen LogP contribution in [0.4, 0.5) is 0 Å². The Labute approximate surface area is 90.6 Å². The van der Waals surface area contributed by atoms with Gasteiger partial charge < -0.3 is 0 Å². The van der Waals surface area contributed by atoms with Gasteiger partial charge in [-0.15, -0.1) is 0 Å². The molecule has 0 N–H and O–H groups in total. The van der Waals surface area contributed by atoms with Crippen molar-refractivity contribution in [1.29, 1.82) is 0 Å². The zero-order chi connectivity index (χ0) is 9.14. The highest BCUT2D eigenvalue weighted by Gasteiger charge is 2.04. The molecule has 0 aliphatic rings. The van der Waals surface area contributed by atoms with E-state index in [9.17, 15) is 0 Å². The van der Waals surface area contributed by atoms with E-state index in [1.807, 2.05) is 6.07 Å². The van der Waals surface area contributed by atoms with Crippen molar-refractivity contribution in [3.05, 3.63) is 32.7 Å². The Bertz CT molecular complexity index is 248. The molecule has 65 valence electrons. The van der Waals surface area contributed by atoms with Crippen LogP contribution in [0.5, 0.6) is 0 Å². The van der Waals surface area contributed by atoms with Crippen LogP contribution in [0.15, 0.2) is 21.1 Å². The summed E-state index contributed by atoms with van der Waals surface area (Å²) in [6, 6.07) is 7.42. The van der Waals surface area contributed by atoms with Crippen molar-refractivity contribution >= 4 is 31.9 Å². The van der Waals surface area contributed by atoms with Crippen LogP contribution in [-0.4, -0.2) is 0 Å². The van der Waals surface area contributed by atoms with Crippen molar-refractivity contribution in [3.63, 3.8) is 0 Å². The molecule has 1 atom stereocenters. The Morgan fingerprint density at radius 2 is 2.08 bits per heavy atom. The lowest BCUT2D eigenvalue weighted by atomic mass is 9.99. The van der Waals surface area contributed by atoms with E-state index in [2.05, 4.69) is 57.8 Å². The summed E-state index contributed by atoms with van der Waals surface area (Å²) >= 11 is 6.89. The van der Waals surface area contributed by atoms with Gasteiger partial charge in [-0.05, 0) is 30.0 Å². The van der Waals surface area contributed by atoms with Crippen molar-refractivity contribution in [2.45, 2.75) is 26.2 Å². The van der Waals surface area contributed by atoms with Gasteiger partial charge >= 0.3 is 0 Å². The maximum atomic E-state index is 3.46. The first-order valence-electron chi connectivity index (χ1n) is 4.01. The molecule has 1 unspecified atom stereocenters. The van der Waals surface area contributed by atoms with Gasteiger partial charge in [0.1, 0.15) is 0 Å². The van der Waals surface area contributed by atoms with Gasteiger partial charge in [-0.25, -0.2) is 0 Å². The fourth-order valence-electron chi connectivity index (χ4n) is 1.01. The van der Waals surface area contributed by atoms with E-state index in [-0.39, 0.29) is 0 Å². The van der Waals surface area contributed by atoms with Crippen LogP contribution in [0.3, 0.4) is 0 Å². The summed E-state index contributed by atoms with van der Waals surface area (Å²) in [6.07, 6.45) is 1.15. The maximum Gasteiger partial charge on any atom is 0.0268 e. The quantitative estimate of drug-likeness (QED) is 0.751. The standard InChI is InChI=1S/C10H11Br2/c1-3-7(2)8-4-9(11)6-10(12)5-8/h4,6-7H,3H2,1-2H3. The summed E-state index contributed by atoms with van der Waals surface area (Å²) in [6.45, 7) is 4.40. The van der Waals surface area contributed by atoms with Gasteiger partial charge in [-0.1, -0.05) is 45.7 Å². The zero-order valence-corrected chi connectivity index (χ0v) is 10.4. The number of hydrogen-bond acceptors (Lipinski definition) is 0. The molecule has 1 radical (unpaired) electrons. The molecule has 12 heavy (non-hydrogen) atoms. The summed E-state index contributed by atoms with van der Waals surface area (Å²) in [5.74, 6) is 0.582. The van der Waals surface area contributed by atoms with Gasteiger partial charge in [0.2, 0.25) is 0 Å². The lowest BCUT2D eigenvalue weighted by Crippen LogP contribution is -1.91. The van der Waals surface area contributed by atoms with E-state index in [1.54, 1.807) is 0 Å². The van der Waals surface area contributed by atoms with Crippen molar-refractivity contribution in [1.82, 2.24) is 0 Å². The third-order valence-corrected chi connectivity index (χ3v) is 2.85. The molecule has 1 rings (SSSR count). The topological polar surface area (TPSA) is 0 Å². The van der Waals surface area contributed by atoms with Gasteiger partial charge in [-0.3, -0.25) is 0 Å². The lowest BCUT2D eigenvalue weighted by molar-refractivity contribution is 0.731. The number of halogens is 2. The highest BCUT2D eigenvalue weighted by molar-refractivity contribution is 9.11. The molecule has 0 heterocycles. The Hall–Kier alpha value is 0.180. The minimum Gasteiger partial charge on any atom is -0.0648 e. The summed E-state index contributed by atoms with van der Waals surface area (Å²) in [4.78, 5) is 0. The molecular formula is C10H11Br2. The second-order valence-electron chi connectivity index (χ2n) is 2.91. The van der Waals surface area contributed by atoms with Crippen LogP contribution >= 0.6 is 31.9 Å². The molecule has 0 aliphatic carbocycles. The summed E-state index contributed by atoms with van der Waals surface area (Å²) in [7, 11) is 0. The first-order chi connectivity index (χ1) is 5.63. The maximum absolute atomic E-state index is 3.46. The Kier molecular flexibility index (Phi) is 3.78. The van der Waals surface area contributed by atoms with Crippen LogP contribution in [0.1, 0.15) is 31.7 Å². The third-order valence-electron chi connectivity index (χ3n) is 1.97. The average Bonchev–Trinajstić information content (AvgIpc) is 2.01. The Morgan fingerprint density at radius 3 is 2.58 bits per heavy atom. The third kappa shape index (κ3) is 2.60. The summed E-state index contributed by atoms with van der Waals surface area (Å²) < 4.78 is 2.13. The van der Waals surface area contributed by atoms with E-state index in [4.69, 9.17) is 0 Å². The Morgan fingerprint density at radius 1 is 1.42 bits per heavy atom. The first-order valence-corrected chi connectivity index (χ1v) is 5.60. The van der Waals surface area contributed by atoms with Crippen LogP contribution in [-0.2, 0) is 0 Å². The van der Waals surface area contributed by atoms with E-state index in [1.165, 1.54) is 5.56 Å². The van der Waals surface area contributed by atoms with E-state index >= 15 is 0 Å². The normalized spacial score (nSPS) is 13.0. The predicted molar refractivity (Wildman–Crippen MR) is 59.4 cm³/mol. The first kappa shape index (κ1) is 10.3. The second-order valence-corrected chi connectivity index (χ2v) is 4.68. The highest BCUT2D eigenvalue weighted by atomic mass is 79.9. The van der Waals surface area contributed by atoms with Crippen molar-refractivity contribution in [3.8, 4) is 0 Å². The molecule has 1 aromatic carbocycles. The van der Waals surface area contributed by atoms with Gasteiger partial charge in [0.15, 0.2) is 0 Å². The smallest absolute Gasteiger partial charge is 0.0268 e. The lowest BCUT2D eigenvalue weighted by Gasteiger charge is -2.08. The zero-order valence-electron chi connectivity index (χ0n) is 7.20. The van der Waals surface area contributed by atoms with E-state index in [0.29, 0.717) is 5.92 Å². The molecule has 0 amide bonds. The van der Waals surface area contributed by atoms with Gasteiger partial charge in [0.25, 0.3) is 0 Å². The molecule has 0 bridgehead atoms. The van der Waals surface area contributed by atoms with E-state index < -0.39 is 0 Å². The molecule has 0 aromatic heterocycles. The van der Waals surface area contributed by atoms with E-state index in [0.717, 1.165) is 15.4 Å².